The quantitative estimate of drug-likeness (QED) is 0.149. The SMILES string of the molecule is CC[C@H](c1ccccc1C)[C@@](O)(c1ccccc1)c1ccc(Cl)cc1.CC[C@H](c1ccccc1C)[C@@](O)(c1ccccc1)c1ccc(Cl)cc1. The molecule has 0 heterocycles. The molecule has 50 heavy (non-hydrogen) atoms. The van der Waals surface area contributed by atoms with Crippen LogP contribution in [0.3, 0.4) is 0 Å². The standard InChI is InChI=1S/2C23H23ClO/c2*1-3-22(21-12-8-7-9-17(21)2)23(25,18-10-5-4-6-11-18)19-13-15-20(24)16-14-19/h2*4-16,22,25H,3H2,1-2H3/t2*22-,23-/m11/s1. The molecular formula is C46H46Cl2O2. The average molecular weight is 702 g/mol. The molecule has 0 spiro atoms. The number of rotatable bonds is 10. The van der Waals surface area contributed by atoms with E-state index in [9.17, 15) is 10.2 Å². The van der Waals surface area contributed by atoms with Gasteiger partial charge in [-0.15, -0.1) is 0 Å². The highest BCUT2D eigenvalue weighted by Gasteiger charge is 2.41. The van der Waals surface area contributed by atoms with E-state index < -0.39 is 11.2 Å². The fourth-order valence-electron chi connectivity index (χ4n) is 7.37. The molecule has 0 aliphatic rings. The second-order valence-corrected chi connectivity index (χ2v) is 13.8. The monoisotopic (exact) mass is 700 g/mol. The summed E-state index contributed by atoms with van der Waals surface area (Å²) in [5.41, 5.74) is 6.00. The van der Waals surface area contributed by atoms with E-state index in [0.717, 1.165) is 35.1 Å². The van der Waals surface area contributed by atoms with Crippen LogP contribution in [0, 0.1) is 13.8 Å². The van der Waals surface area contributed by atoms with E-state index in [1.807, 2.05) is 133 Å². The van der Waals surface area contributed by atoms with E-state index in [1.165, 1.54) is 22.3 Å². The van der Waals surface area contributed by atoms with Gasteiger partial charge < -0.3 is 10.2 Å². The summed E-state index contributed by atoms with van der Waals surface area (Å²) in [4.78, 5) is 0. The Balaban J connectivity index is 0.000000194. The van der Waals surface area contributed by atoms with Crippen molar-refractivity contribution in [3.8, 4) is 0 Å². The second-order valence-electron chi connectivity index (χ2n) is 12.9. The van der Waals surface area contributed by atoms with E-state index in [-0.39, 0.29) is 11.8 Å². The molecule has 0 saturated heterocycles. The van der Waals surface area contributed by atoms with Gasteiger partial charge in [-0.1, -0.05) is 171 Å². The van der Waals surface area contributed by atoms with Crippen LogP contribution in [0.25, 0.3) is 0 Å². The molecule has 0 radical (unpaired) electrons. The molecule has 0 aliphatic carbocycles. The van der Waals surface area contributed by atoms with E-state index >= 15 is 0 Å². The first-order valence-electron chi connectivity index (χ1n) is 17.3. The fourth-order valence-corrected chi connectivity index (χ4v) is 7.62. The van der Waals surface area contributed by atoms with Gasteiger partial charge in [-0.2, -0.15) is 0 Å². The van der Waals surface area contributed by atoms with Gasteiger partial charge in [-0.3, -0.25) is 0 Å². The maximum absolute atomic E-state index is 12.0. The number of benzene rings is 6. The van der Waals surface area contributed by atoms with Crippen molar-refractivity contribution in [1.29, 1.82) is 0 Å². The summed E-state index contributed by atoms with van der Waals surface area (Å²) in [5.74, 6) is -0.116. The van der Waals surface area contributed by atoms with E-state index in [2.05, 4.69) is 52.0 Å². The summed E-state index contributed by atoms with van der Waals surface area (Å²) in [5, 5.41) is 25.4. The minimum Gasteiger partial charge on any atom is -0.380 e. The Labute approximate surface area is 308 Å². The van der Waals surface area contributed by atoms with Gasteiger partial charge in [-0.05, 0) is 95.5 Å². The molecule has 4 heteroatoms. The summed E-state index contributed by atoms with van der Waals surface area (Å²) in [6, 6.07) is 51.5. The molecule has 6 rings (SSSR count). The number of hydrogen-bond donors (Lipinski definition) is 2. The van der Waals surface area contributed by atoms with Crippen molar-refractivity contribution < 1.29 is 10.2 Å². The van der Waals surface area contributed by atoms with Crippen molar-refractivity contribution >= 4 is 23.2 Å². The van der Waals surface area contributed by atoms with Crippen LogP contribution in [0.2, 0.25) is 10.0 Å². The first-order chi connectivity index (χ1) is 24.1. The highest BCUT2D eigenvalue weighted by atomic mass is 35.5. The van der Waals surface area contributed by atoms with Gasteiger partial charge in [0.2, 0.25) is 0 Å². The molecule has 0 fully saturated rings. The third kappa shape index (κ3) is 7.75. The molecule has 0 bridgehead atoms. The topological polar surface area (TPSA) is 40.5 Å². The maximum Gasteiger partial charge on any atom is 0.121 e. The molecule has 0 saturated carbocycles. The summed E-state index contributed by atoms with van der Waals surface area (Å²) in [6.07, 6.45) is 1.64. The zero-order valence-corrected chi connectivity index (χ0v) is 30.7. The van der Waals surface area contributed by atoms with Crippen LogP contribution in [-0.2, 0) is 11.2 Å². The van der Waals surface area contributed by atoms with Crippen LogP contribution in [0.4, 0.5) is 0 Å². The smallest absolute Gasteiger partial charge is 0.121 e. The molecule has 0 amide bonds. The number of aryl methyl sites for hydroxylation is 2. The molecule has 6 aromatic carbocycles. The molecule has 0 aromatic heterocycles. The highest BCUT2D eigenvalue weighted by Crippen LogP contribution is 2.46. The first-order valence-corrected chi connectivity index (χ1v) is 18.1. The summed E-state index contributed by atoms with van der Waals surface area (Å²) in [6.45, 7) is 8.46. The van der Waals surface area contributed by atoms with Gasteiger partial charge in [0.05, 0.1) is 0 Å². The number of aliphatic hydroxyl groups is 2. The molecule has 6 aromatic rings. The average Bonchev–Trinajstić information content (AvgIpc) is 3.15. The van der Waals surface area contributed by atoms with Gasteiger partial charge in [0.25, 0.3) is 0 Å². The van der Waals surface area contributed by atoms with Gasteiger partial charge in [0.1, 0.15) is 11.2 Å². The predicted octanol–water partition coefficient (Wildman–Crippen LogP) is 12.2. The second kappa shape index (κ2) is 16.7. The third-order valence-corrected chi connectivity index (χ3v) is 10.5. The maximum atomic E-state index is 12.0. The molecular weight excluding hydrogens is 655 g/mol. The van der Waals surface area contributed by atoms with Crippen molar-refractivity contribution in [2.75, 3.05) is 0 Å². The predicted molar refractivity (Wildman–Crippen MR) is 210 cm³/mol. The molecule has 0 aliphatic heterocycles. The van der Waals surface area contributed by atoms with Crippen molar-refractivity contribution in [3.63, 3.8) is 0 Å². The molecule has 0 unspecified atom stereocenters. The lowest BCUT2D eigenvalue weighted by Gasteiger charge is -2.38. The zero-order chi connectivity index (χ0) is 35.7. The fraction of sp³-hybridized carbons (Fsp3) is 0.217. The summed E-state index contributed by atoms with van der Waals surface area (Å²) < 4.78 is 0. The normalized spacial score (nSPS) is 14.7. The Morgan fingerprint density at radius 3 is 1.00 bits per heavy atom. The number of halogens is 2. The van der Waals surface area contributed by atoms with Crippen LogP contribution in [0.15, 0.2) is 158 Å². The van der Waals surface area contributed by atoms with Crippen LogP contribution >= 0.6 is 23.2 Å². The van der Waals surface area contributed by atoms with Crippen molar-refractivity contribution in [2.45, 2.75) is 63.6 Å². The van der Waals surface area contributed by atoms with Gasteiger partial charge in [-0.25, -0.2) is 0 Å². The minimum atomic E-state index is -1.12. The van der Waals surface area contributed by atoms with Crippen LogP contribution in [0.5, 0.6) is 0 Å². The summed E-state index contributed by atoms with van der Waals surface area (Å²) in [7, 11) is 0. The van der Waals surface area contributed by atoms with Crippen LogP contribution in [-0.4, -0.2) is 10.2 Å². The van der Waals surface area contributed by atoms with E-state index in [4.69, 9.17) is 23.2 Å². The number of hydrogen-bond acceptors (Lipinski definition) is 2. The van der Waals surface area contributed by atoms with E-state index in [0.29, 0.717) is 10.0 Å². The lowest BCUT2D eigenvalue weighted by molar-refractivity contribution is 0.0472. The van der Waals surface area contributed by atoms with Gasteiger partial charge in [0.15, 0.2) is 0 Å². The minimum absolute atomic E-state index is 0.0581. The van der Waals surface area contributed by atoms with Gasteiger partial charge >= 0.3 is 0 Å². The lowest BCUT2D eigenvalue weighted by Crippen LogP contribution is -2.35. The Kier molecular flexibility index (Phi) is 12.4. The Hall–Kier alpha value is -4.18. The van der Waals surface area contributed by atoms with Crippen LogP contribution in [0.1, 0.15) is 83.0 Å². The summed E-state index contributed by atoms with van der Waals surface area (Å²) >= 11 is 12.2. The molecule has 2 N–H and O–H groups in total. The Morgan fingerprint density at radius 1 is 0.420 bits per heavy atom. The first kappa shape index (κ1) is 37.1. The largest absolute Gasteiger partial charge is 0.380 e. The van der Waals surface area contributed by atoms with Crippen molar-refractivity contribution in [2.24, 2.45) is 0 Å². The Bertz CT molecular complexity index is 1800. The zero-order valence-electron chi connectivity index (χ0n) is 29.2. The van der Waals surface area contributed by atoms with Crippen molar-refractivity contribution in [1.82, 2.24) is 0 Å². The van der Waals surface area contributed by atoms with E-state index in [1.54, 1.807) is 0 Å². The Morgan fingerprint density at radius 2 is 0.700 bits per heavy atom. The highest BCUT2D eigenvalue weighted by molar-refractivity contribution is 6.30. The molecule has 2 nitrogen and oxygen atoms in total. The van der Waals surface area contributed by atoms with Crippen molar-refractivity contribution in [3.05, 3.63) is 212 Å². The molecule has 4 atom stereocenters. The lowest BCUT2D eigenvalue weighted by atomic mass is 9.71. The third-order valence-electron chi connectivity index (χ3n) is 9.95. The van der Waals surface area contributed by atoms with Gasteiger partial charge in [0, 0.05) is 21.9 Å². The van der Waals surface area contributed by atoms with Crippen LogP contribution < -0.4 is 0 Å². The molecule has 256 valence electrons.